The van der Waals surface area contributed by atoms with Crippen molar-refractivity contribution < 1.29 is 12.8 Å². The van der Waals surface area contributed by atoms with Gasteiger partial charge in [0.2, 0.25) is 10.0 Å². The van der Waals surface area contributed by atoms with Gasteiger partial charge >= 0.3 is 0 Å². The van der Waals surface area contributed by atoms with Crippen LogP contribution in [-0.4, -0.2) is 25.0 Å². The van der Waals surface area contributed by atoms with E-state index >= 15 is 0 Å². The van der Waals surface area contributed by atoms with Crippen LogP contribution in [0.4, 0.5) is 4.39 Å². The molecule has 2 aromatic carbocycles. The average molecular weight is 349 g/mol. The van der Waals surface area contributed by atoms with Gasteiger partial charge in [-0.15, -0.1) is 11.8 Å². The highest BCUT2D eigenvalue weighted by Gasteiger charge is 2.35. The summed E-state index contributed by atoms with van der Waals surface area (Å²) in [6.45, 7) is 0.380. The van der Waals surface area contributed by atoms with E-state index in [4.69, 9.17) is 0 Å². The van der Waals surface area contributed by atoms with Crippen molar-refractivity contribution in [3.05, 3.63) is 76.9 Å². The first-order valence-electron chi connectivity index (χ1n) is 7.19. The standard InChI is InChI=1S/C17H16FNO2S2/c18-16-9-5-4-8-15(16)17-19(11-12-22-17)23(20,21)13-10-14-6-2-1-3-7-14/h1-10,13,17H,11-12H2/b13-10+. The van der Waals surface area contributed by atoms with Gasteiger partial charge in [-0.05, 0) is 17.7 Å². The van der Waals surface area contributed by atoms with Crippen LogP contribution in [-0.2, 0) is 10.0 Å². The third-order valence-corrected chi connectivity index (χ3v) is 6.48. The maximum atomic E-state index is 14.0. The average Bonchev–Trinajstić information content (AvgIpc) is 3.05. The number of hydrogen-bond donors (Lipinski definition) is 0. The Kier molecular flexibility index (Phi) is 4.84. The number of rotatable bonds is 4. The number of hydrogen-bond acceptors (Lipinski definition) is 3. The van der Waals surface area contributed by atoms with E-state index in [1.54, 1.807) is 24.3 Å². The molecule has 0 bridgehead atoms. The van der Waals surface area contributed by atoms with E-state index in [2.05, 4.69) is 0 Å². The molecule has 0 spiro atoms. The molecular formula is C17H16FNO2S2. The Balaban J connectivity index is 1.87. The Morgan fingerprint density at radius 1 is 1.09 bits per heavy atom. The number of thioether (sulfide) groups is 1. The van der Waals surface area contributed by atoms with E-state index in [0.29, 0.717) is 17.9 Å². The second-order valence-corrected chi connectivity index (χ2v) is 8.07. The number of sulfonamides is 1. The summed E-state index contributed by atoms with van der Waals surface area (Å²) in [5.41, 5.74) is 1.22. The van der Waals surface area contributed by atoms with E-state index in [0.717, 1.165) is 5.56 Å². The summed E-state index contributed by atoms with van der Waals surface area (Å²) < 4.78 is 40.6. The predicted octanol–water partition coefficient (Wildman–Crippen LogP) is 3.87. The van der Waals surface area contributed by atoms with Gasteiger partial charge < -0.3 is 0 Å². The second-order valence-electron chi connectivity index (χ2n) is 5.11. The molecule has 6 heteroatoms. The molecule has 1 unspecified atom stereocenters. The van der Waals surface area contributed by atoms with Crippen molar-refractivity contribution in [3.8, 4) is 0 Å². The lowest BCUT2D eigenvalue weighted by atomic mass is 10.2. The second kappa shape index (κ2) is 6.86. The van der Waals surface area contributed by atoms with Crippen molar-refractivity contribution in [2.24, 2.45) is 0 Å². The molecule has 0 aromatic heterocycles. The highest BCUT2D eigenvalue weighted by molar-refractivity contribution is 8.01. The summed E-state index contributed by atoms with van der Waals surface area (Å²) in [7, 11) is -3.61. The smallest absolute Gasteiger partial charge is 0.207 e. The lowest BCUT2D eigenvalue weighted by molar-refractivity contribution is 0.432. The Morgan fingerprint density at radius 2 is 1.78 bits per heavy atom. The fourth-order valence-corrected chi connectivity index (χ4v) is 5.48. The maximum absolute atomic E-state index is 14.0. The highest BCUT2D eigenvalue weighted by atomic mass is 32.2. The lowest BCUT2D eigenvalue weighted by Crippen LogP contribution is -2.29. The van der Waals surface area contributed by atoms with Crippen LogP contribution in [0.2, 0.25) is 0 Å². The third-order valence-electron chi connectivity index (χ3n) is 3.58. The molecular weight excluding hydrogens is 333 g/mol. The zero-order valence-electron chi connectivity index (χ0n) is 12.3. The van der Waals surface area contributed by atoms with Crippen LogP contribution in [0.1, 0.15) is 16.5 Å². The molecule has 0 saturated carbocycles. The minimum Gasteiger partial charge on any atom is -0.207 e. The number of halogens is 1. The van der Waals surface area contributed by atoms with E-state index in [1.165, 1.54) is 27.5 Å². The molecule has 1 aliphatic heterocycles. The molecule has 3 rings (SSSR count). The molecule has 0 radical (unpaired) electrons. The molecule has 3 nitrogen and oxygen atoms in total. The van der Waals surface area contributed by atoms with Gasteiger partial charge in [0.1, 0.15) is 5.82 Å². The van der Waals surface area contributed by atoms with Gasteiger partial charge in [-0.25, -0.2) is 12.8 Å². The minimum atomic E-state index is -3.61. The summed E-state index contributed by atoms with van der Waals surface area (Å²) in [6.07, 6.45) is 1.57. The van der Waals surface area contributed by atoms with Gasteiger partial charge in [-0.3, -0.25) is 0 Å². The summed E-state index contributed by atoms with van der Waals surface area (Å²) in [5, 5.41) is 0.684. The van der Waals surface area contributed by atoms with E-state index in [-0.39, 0.29) is 5.82 Å². The van der Waals surface area contributed by atoms with Crippen LogP contribution in [0.3, 0.4) is 0 Å². The predicted molar refractivity (Wildman–Crippen MR) is 92.7 cm³/mol. The molecule has 23 heavy (non-hydrogen) atoms. The van der Waals surface area contributed by atoms with Gasteiger partial charge in [-0.2, -0.15) is 4.31 Å². The van der Waals surface area contributed by atoms with Gasteiger partial charge in [0.25, 0.3) is 0 Å². The monoisotopic (exact) mass is 349 g/mol. The van der Waals surface area contributed by atoms with Crippen LogP contribution in [0.5, 0.6) is 0 Å². The normalized spacial score (nSPS) is 19.4. The van der Waals surface area contributed by atoms with Crippen LogP contribution >= 0.6 is 11.8 Å². The van der Waals surface area contributed by atoms with Gasteiger partial charge in [0, 0.05) is 23.3 Å². The van der Waals surface area contributed by atoms with E-state index in [1.807, 2.05) is 30.3 Å². The molecule has 1 heterocycles. The summed E-state index contributed by atoms with van der Waals surface area (Å²) in [6, 6.07) is 15.6. The van der Waals surface area contributed by atoms with Gasteiger partial charge in [0.05, 0.1) is 5.37 Å². The van der Waals surface area contributed by atoms with Crippen molar-refractivity contribution in [3.63, 3.8) is 0 Å². The van der Waals surface area contributed by atoms with Gasteiger partial charge in [-0.1, -0.05) is 48.5 Å². The van der Waals surface area contributed by atoms with Crippen molar-refractivity contribution in [2.75, 3.05) is 12.3 Å². The van der Waals surface area contributed by atoms with Crippen molar-refractivity contribution in [1.29, 1.82) is 0 Å². The maximum Gasteiger partial charge on any atom is 0.237 e. The molecule has 0 N–H and O–H groups in total. The first-order chi connectivity index (χ1) is 11.1. The Morgan fingerprint density at radius 3 is 2.52 bits per heavy atom. The van der Waals surface area contributed by atoms with Crippen LogP contribution in [0.15, 0.2) is 60.0 Å². The molecule has 2 aromatic rings. The lowest BCUT2D eigenvalue weighted by Gasteiger charge is -2.22. The molecule has 1 saturated heterocycles. The Hall–Kier alpha value is -1.63. The fourth-order valence-electron chi connectivity index (χ4n) is 2.44. The van der Waals surface area contributed by atoms with Crippen LogP contribution in [0, 0.1) is 5.82 Å². The zero-order chi connectivity index (χ0) is 16.3. The first-order valence-corrected chi connectivity index (χ1v) is 9.74. The van der Waals surface area contributed by atoms with Crippen molar-refractivity contribution in [1.82, 2.24) is 4.31 Å². The first kappa shape index (κ1) is 16.2. The molecule has 1 atom stereocenters. The minimum absolute atomic E-state index is 0.376. The molecule has 1 fully saturated rings. The SMILES string of the molecule is O=S(=O)(/C=C/c1ccccc1)N1CCSC1c1ccccc1F. The molecule has 120 valence electrons. The molecule has 1 aliphatic rings. The number of nitrogens with zero attached hydrogens (tertiary/aromatic N) is 1. The highest BCUT2D eigenvalue weighted by Crippen LogP contribution is 2.41. The third kappa shape index (κ3) is 3.65. The van der Waals surface area contributed by atoms with Gasteiger partial charge in [0.15, 0.2) is 0 Å². The molecule has 0 amide bonds. The zero-order valence-corrected chi connectivity index (χ0v) is 13.9. The summed E-state index contributed by atoms with van der Waals surface area (Å²) in [5.74, 6) is 0.274. The summed E-state index contributed by atoms with van der Waals surface area (Å²) >= 11 is 1.44. The molecule has 0 aliphatic carbocycles. The van der Waals surface area contributed by atoms with E-state index < -0.39 is 15.4 Å². The quantitative estimate of drug-likeness (QED) is 0.841. The largest absolute Gasteiger partial charge is 0.237 e. The topological polar surface area (TPSA) is 37.4 Å². The summed E-state index contributed by atoms with van der Waals surface area (Å²) in [4.78, 5) is 0. The fraction of sp³-hybridized carbons (Fsp3) is 0.176. The van der Waals surface area contributed by atoms with Crippen molar-refractivity contribution >= 4 is 27.9 Å². The van der Waals surface area contributed by atoms with E-state index in [9.17, 15) is 12.8 Å². The number of benzene rings is 2. The van der Waals surface area contributed by atoms with Crippen LogP contribution in [0.25, 0.3) is 6.08 Å². The van der Waals surface area contributed by atoms with Crippen molar-refractivity contribution in [2.45, 2.75) is 5.37 Å². The van der Waals surface area contributed by atoms with Crippen LogP contribution < -0.4 is 0 Å². The Bertz CT molecular complexity index is 806. The Labute approximate surface area is 139 Å².